The normalized spacial score (nSPS) is 20.6. The van der Waals surface area contributed by atoms with E-state index in [2.05, 4.69) is 6.92 Å². The van der Waals surface area contributed by atoms with Gasteiger partial charge in [0, 0.05) is 0 Å². The molecule has 1 aliphatic rings. The lowest BCUT2D eigenvalue weighted by molar-refractivity contribution is 0.192. The highest BCUT2D eigenvalue weighted by atomic mass is 16.5. The molecule has 2 rings (SSSR count). The van der Waals surface area contributed by atoms with Crippen molar-refractivity contribution in [3.63, 3.8) is 0 Å². The molecule has 70 valence electrons. The van der Waals surface area contributed by atoms with Crippen molar-refractivity contribution in [3.05, 3.63) is 29.3 Å². The van der Waals surface area contributed by atoms with Gasteiger partial charge in [-0.3, -0.25) is 0 Å². The summed E-state index contributed by atoms with van der Waals surface area (Å²) in [6.07, 6.45) is 2.46. The molecule has 0 amide bonds. The van der Waals surface area contributed by atoms with Gasteiger partial charge in [0.05, 0.1) is 12.7 Å². The molecule has 0 aromatic heterocycles. The zero-order chi connectivity index (χ0) is 9.26. The van der Waals surface area contributed by atoms with Crippen molar-refractivity contribution in [1.82, 2.24) is 0 Å². The molecule has 1 N–H and O–H groups in total. The van der Waals surface area contributed by atoms with E-state index in [0.29, 0.717) is 6.10 Å². The van der Waals surface area contributed by atoms with Crippen LogP contribution in [0, 0.1) is 0 Å². The lowest BCUT2D eigenvalue weighted by atomic mass is 10.0. The maximum atomic E-state index is 8.95. The Morgan fingerprint density at radius 1 is 1.54 bits per heavy atom. The van der Waals surface area contributed by atoms with Gasteiger partial charge in [-0.05, 0) is 43.0 Å². The Labute approximate surface area is 78.2 Å². The minimum atomic E-state index is 0.114. The van der Waals surface area contributed by atoms with E-state index >= 15 is 0 Å². The minimum absolute atomic E-state index is 0.114. The Morgan fingerprint density at radius 2 is 2.38 bits per heavy atom. The fourth-order valence-corrected chi connectivity index (χ4v) is 1.68. The van der Waals surface area contributed by atoms with Gasteiger partial charge in [0.1, 0.15) is 5.75 Å². The number of aliphatic hydroxyl groups excluding tert-OH is 1. The van der Waals surface area contributed by atoms with Crippen LogP contribution in [0.2, 0.25) is 0 Å². The van der Waals surface area contributed by atoms with Crippen molar-refractivity contribution in [2.75, 3.05) is 0 Å². The van der Waals surface area contributed by atoms with Crippen molar-refractivity contribution >= 4 is 0 Å². The number of hydrogen-bond donors (Lipinski definition) is 1. The summed E-state index contributed by atoms with van der Waals surface area (Å²) in [6, 6.07) is 5.90. The third kappa shape index (κ3) is 1.68. The number of benzene rings is 1. The van der Waals surface area contributed by atoms with Gasteiger partial charge in [0.25, 0.3) is 0 Å². The molecular formula is C11H14O2. The van der Waals surface area contributed by atoms with E-state index in [4.69, 9.17) is 9.84 Å². The molecule has 0 fully saturated rings. The first-order chi connectivity index (χ1) is 6.29. The maximum Gasteiger partial charge on any atom is 0.122 e. The van der Waals surface area contributed by atoms with Crippen LogP contribution < -0.4 is 4.74 Å². The average molecular weight is 178 g/mol. The maximum absolute atomic E-state index is 8.95. The summed E-state index contributed by atoms with van der Waals surface area (Å²) in [7, 11) is 0. The van der Waals surface area contributed by atoms with E-state index in [1.165, 1.54) is 5.56 Å². The van der Waals surface area contributed by atoms with Crippen LogP contribution in [0.25, 0.3) is 0 Å². The molecule has 0 saturated carbocycles. The molecule has 13 heavy (non-hydrogen) atoms. The summed E-state index contributed by atoms with van der Waals surface area (Å²) in [6.45, 7) is 2.20. The Bertz CT molecular complexity index is 307. The molecule has 0 aliphatic carbocycles. The van der Waals surface area contributed by atoms with Crippen LogP contribution in [0.1, 0.15) is 24.5 Å². The lowest BCUT2D eigenvalue weighted by Gasteiger charge is -2.23. The van der Waals surface area contributed by atoms with E-state index in [-0.39, 0.29) is 6.61 Å². The number of aliphatic hydroxyl groups is 1. The summed E-state index contributed by atoms with van der Waals surface area (Å²) in [5.41, 5.74) is 2.20. The molecule has 1 aliphatic heterocycles. The predicted molar refractivity (Wildman–Crippen MR) is 50.8 cm³/mol. The summed E-state index contributed by atoms with van der Waals surface area (Å²) in [4.78, 5) is 0. The van der Waals surface area contributed by atoms with Gasteiger partial charge in [-0.2, -0.15) is 0 Å². The lowest BCUT2D eigenvalue weighted by Crippen LogP contribution is -2.18. The van der Waals surface area contributed by atoms with E-state index in [1.807, 2.05) is 18.2 Å². The van der Waals surface area contributed by atoms with Gasteiger partial charge >= 0.3 is 0 Å². The fraction of sp³-hybridized carbons (Fsp3) is 0.455. The number of fused-ring (bicyclic) bond motifs is 1. The fourth-order valence-electron chi connectivity index (χ4n) is 1.68. The molecule has 0 radical (unpaired) electrons. The Hall–Kier alpha value is -1.02. The number of hydrogen-bond acceptors (Lipinski definition) is 2. The zero-order valence-electron chi connectivity index (χ0n) is 7.79. The molecule has 0 bridgehead atoms. The van der Waals surface area contributed by atoms with E-state index in [9.17, 15) is 0 Å². The number of ether oxygens (including phenoxy) is 1. The summed E-state index contributed by atoms with van der Waals surface area (Å²) < 4.78 is 5.65. The van der Waals surface area contributed by atoms with Gasteiger partial charge < -0.3 is 9.84 Å². The van der Waals surface area contributed by atoms with Crippen LogP contribution in [-0.2, 0) is 13.0 Å². The first-order valence-corrected chi connectivity index (χ1v) is 4.69. The van der Waals surface area contributed by atoms with E-state index in [0.717, 1.165) is 24.2 Å². The second-order valence-corrected chi connectivity index (χ2v) is 3.57. The number of rotatable bonds is 1. The molecule has 2 heteroatoms. The molecule has 0 unspecified atom stereocenters. The molecule has 1 aromatic rings. The summed E-state index contributed by atoms with van der Waals surface area (Å²) >= 11 is 0. The molecule has 1 aromatic carbocycles. The van der Waals surface area contributed by atoms with Crippen LogP contribution in [0.15, 0.2) is 18.2 Å². The van der Waals surface area contributed by atoms with Crippen LogP contribution in [0.4, 0.5) is 0 Å². The monoisotopic (exact) mass is 178 g/mol. The predicted octanol–water partition coefficient (Wildman–Crippen LogP) is 1.89. The SMILES string of the molecule is C[C@H]1CCc2cc(CO)ccc2O1. The Morgan fingerprint density at radius 3 is 3.15 bits per heavy atom. The molecule has 1 atom stereocenters. The summed E-state index contributed by atoms with van der Waals surface area (Å²) in [5.74, 6) is 0.982. The van der Waals surface area contributed by atoms with Crippen molar-refractivity contribution in [2.45, 2.75) is 32.5 Å². The van der Waals surface area contributed by atoms with Crippen molar-refractivity contribution in [3.8, 4) is 5.75 Å². The molecule has 0 spiro atoms. The average Bonchev–Trinajstić information content (AvgIpc) is 2.17. The Kier molecular flexibility index (Phi) is 2.23. The van der Waals surface area contributed by atoms with Crippen LogP contribution in [0.3, 0.4) is 0 Å². The largest absolute Gasteiger partial charge is 0.490 e. The highest BCUT2D eigenvalue weighted by molar-refractivity contribution is 5.38. The van der Waals surface area contributed by atoms with Gasteiger partial charge in [-0.15, -0.1) is 0 Å². The first kappa shape index (κ1) is 8.57. The van der Waals surface area contributed by atoms with Crippen molar-refractivity contribution in [2.24, 2.45) is 0 Å². The van der Waals surface area contributed by atoms with Gasteiger partial charge in [-0.1, -0.05) is 6.07 Å². The Balaban J connectivity index is 2.31. The topological polar surface area (TPSA) is 29.5 Å². The number of aryl methyl sites for hydroxylation is 1. The van der Waals surface area contributed by atoms with Crippen LogP contribution in [-0.4, -0.2) is 11.2 Å². The quantitative estimate of drug-likeness (QED) is 0.711. The van der Waals surface area contributed by atoms with Crippen molar-refractivity contribution in [1.29, 1.82) is 0 Å². The molecule has 1 heterocycles. The molecular weight excluding hydrogens is 164 g/mol. The van der Waals surface area contributed by atoms with Gasteiger partial charge in [-0.25, -0.2) is 0 Å². The highest BCUT2D eigenvalue weighted by Gasteiger charge is 2.15. The van der Waals surface area contributed by atoms with Gasteiger partial charge in [0.2, 0.25) is 0 Å². The third-order valence-corrected chi connectivity index (χ3v) is 2.46. The van der Waals surface area contributed by atoms with E-state index in [1.54, 1.807) is 0 Å². The first-order valence-electron chi connectivity index (χ1n) is 4.69. The van der Waals surface area contributed by atoms with Crippen LogP contribution in [0.5, 0.6) is 5.75 Å². The molecule has 2 nitrogen and oxygen atoms in total. The third-order valence-electron chi connectivity index (χ3n) is 2.46. The van der Waals surface area contributed by atoms with Crippen LogP contribution >= 0.6 is 0 Å². The molecule has 0 saturated heterocycles. The second kappa shape index (κ2) is 3.38. The van der Waals surface area contributed by atoms with Crippen molar-refractivity contribution < 1.29 is 9.84 Å². The second-order valence-electron chi connectivity index (χ2n) is 3.57. The summed E-state index contributed by atoms with van der Waals surface area (Å²) in [5, 5.41) is 8.95. The highest BCUT2D eigenvalue weighted by Crippen LogP contribution is 2.28. The smallest absolute Gasteiger partial charge is 0.122 e. The van der Waals surface area contributed by atoms with E-state index < -0.39 is 0 Å². The standard InChI is InChI=1S/C11H14O2/c1-8-2-4-10-6-9(7-12)3-5-11(10)13-8/h3,5-6,8,12H,2,4,7H2,1H3/t8-/m0/s1. The minimum Gasteiger partial charge on any atom is -0.490 e. The van der Waals surface area contributed by atoms with Gasteiger partial charge in [0.15, 0.2) is 0 Å². The zero-order valence-corrected chi connectivity index (χ0v) is 7.79.